The SMILES string of the molecule is CC1=C(c2cccc3cccnc23)CC=C1C(F)(F)F. The number of para-hydroxylation sites is 1. The van der Waals surface area contributed by atoms with Crippen LogP contribution in [0, 0.1) is 0 Å². The van der Waals surface area contributed by atoms with E-state index in [1.807, 2.05) is 30.3 Å². The lowest BCUT2D eigenvalue weighted by atomic mass is 9.97. The number of hydrogen-bond donors (Lipinski definition) is 0. The molecule has 20 heavy (non-hydrogen) atoms. The van der Waals surface area contributed by atoms with Crippen molar-refractivity contribution in [1.29, 1.82) is 0 Å². The molecule has 0 unspecified atom stereocenters. The standard InChI is InChI=1S/C16H12F3N/c1-10-12(7-8-14(10)16(17,18)19)13-6-2-4-11-5-3-9-20-15(11)13/h2-6,8-9H,7H2,1H3. The third kappa shape index (κ3) is 2.01. The molecular formula is C16H12F3N. The van der Waals surface area contributed by atoms with E-state index in [9.17, 15) is 13.2 Å². The number of halogens is 3. The highest BCUT2D eigenvalue weighted by molar-refractivity contribution is 5.93. The summed E-state index contributed by atoms with van der Waals surface area (Å²) >= 11 is 0. The molecular weight excluding hydrogens is 263 g/mol. The van der Waals surface area contributed by atoms with Gasteiger partial charge in [-0.1, -0.05) is 30.3 Å². The lowest BCUT2D eigenvalue weighted by Crippen LogP contribution is -2.11. The van der Waals surface area contributed by atoms with Crippen LogP contribution in [0.2, 0.25) is 0 Å². The number of hydrogen-bond acceptors (Lipinski definition) is 1. The molecule has 0 bridgehead atoms. The summed E-state index contributed by atoms with van der Waals surface area (Å²) in [4.78, 5) is 4.31. The number of fused-ring (bicyclic) bond motifs is 1. The number of aromatic nitrogens is 1. The number of pyridine rings is 1. The predicted octanol–water partition coefficient (Wildman–Crippen LogP) is 4.90. The van der Waals surface area contributed by atoms with Crippen LogP contribution in [0.15, 0.2) is 53.8 Å². The van der Waals surface area contributed by atoms with Gasteiger partial charge in [-0.05, 0) is 30.6 Å². The molecule has 1 aliphatic rings. The van der Waals surface area contributed by atoms with Gasteiger partial charge in [0, 0.05) is 17.1 Å². The molecule has 1 aromatic heterocycles. The van der Waals surface area contributed by atoms with Crippen LogP contribution in [0.25, 0.3) is 16.5 Å². The van der Waals surface area contributed by atoms with Crippen molar-refractivity contribution in [3.8, 4) is 0 Å². The molecule has 0 saturated heterocycles. The highest BCUT2D eigenvalue weighted by Crippen LogP contribution is 2.42. The second kappa shape index (κ2) is 4.47. The fraction of sp³-hybridized carbons (Fsp3) is 0.188. The summed E-state index contributed by atoms with van der Waals surface area (Å²) < 4.78 is 38.7. The van der Waals surface area contributed by atoms with Gasteiger partial charge in [0.15, 0.2) is 0 Å². The second-order valence-corrected chi connectivity index (χ2v) is 4.80. The summed E-state index contributed by atoms with van der Waals surface area (Å²) in [5.41, 5.74) is 2.02. The molecule has 1 aromatic carbocycles. The summed E-state index contributed by atoms with van der Waals surface area (Å²) in [5, 5.41) is 0.936. The first kappa shape index (κ1) is 12.9. The lowest BCUT2D eigenvalue weighted by Gasteiger charge is -2.11. The second-order valence-electron chi connectivity index (χ2n) is 4.80. The Morgan fingerprint density at radius 2 is 1.85 bits per heavy atom. The van der Waals surface area contributed by atoms with E-state index in [2.05, 4.69) is 4.98 Å². The van der Waals surface area contributed by atoms with E-state index in [-0.39, 0.29) is 0 Å². The molecule has 0 atom stereocenters. The third-order valence-electron chi connectivity index (χ3n) is 3.63. The van der Waals surface area contributed by atoms with Crippen molar-refractivity contribution in [1.82, 2.24) is 4.98 Å². The van der Waals surface area contributed by atoms with Gasteiger partial charge >= 0.3 is 6.18 Å². The quantitative estimate of drug-likeness (QED) is 0.721. The van der Waals surface area contributed by atoms with Crippen LogP contribution < -0.4 is 0 Å². The van der Waals surface area contributed by atoms with Gasteiger partial charge < -0.3 is 0 Å². The highest BCUT2D eigenvalue weighted by atomic mass is 19.4. The van der Waals surface area contributed by atoms with Crippen LogP contribution in [0.5, 0.6) is 0 Å². The maximum atomic E-state index is 12.9. The van der Waals surface area contributed by atoms with E-state index in [0.29, 0.717) is 17.6 Å². The maximum absolute atomic E-state index is 12.9. The number of nitrogens with zero attached hydrogens (tertiary/aromatic N) is 1. The normalized spacial score (nSPS) is 15.9. The number of allylic oxidation sites excluding steroid dienone is 4. The van der Waals surface area contributed by atoms with Crippen LogP contribution in [0.1, 0.15) is 18.9 Å². The molecule has 4 heteroatoms. The third-order valence-corrected chi connectivity index (χ3v) is 3.63. The Bertz CT molecular complexity index is 733. The fourth-order valence-electron chi connectivity index (χ4n) is 2.66. The maximum Gasteiger partial charge on any atom is 0.416 e. The molecule has 0 fully saturated rings. The zero-order valence-corrected chi connectivity index (χ0v) is 10.8. The largest absolute Gasteiger partial charge is 0.416 e. The zero-order chi connectivity index (χ0) is 14.3. The van der Waals surface area contributed by atoms with Crippen molar-refractivity contribution < 1.29 is 13.2 Å². The number of benzene rings is 1. The number of alkyl halides is 3. The molecule has 0 radical (unpaired) electrons. The Balaban J connectivity index is 2.17. The van der Waals surface area contributed by atoms with Gasteiger partial charge in [-0.25, -0.2) is 0 Å². The Morgan fingerprint density at radius 1 is 1.10 bits per heavy atom. The van der Waals surface area contributed by atoms with E-state index in [1.54, 1.807) is 6.20 Å². The first-order chi connectivity index (χ1) is 9.48. The number of rotatable bonds is 1. The van der Waals surface area contributed by atoms with Gasteiger partial charge in [-0.15, -0.1) is 0 Å². The molecule has 0 aliphatic heterocycles. The van der Waals surface area contributed by atoms with E-state index >= 15 is 0 Å². The summed E-state index contributed by atoms with van der Waals surface area (Å²) in [5.74, 6) is 0. The van der Waals surface area contributed by atoms with E-state index in [4.69, 9.17) is 0 Å². The smallest absolute Gasteiger partial charge is 0.256 e. The first-order valence-electron chi connectivity index (χ1n) is 6.30. The van der Waals surface area contributed by atoms with E-state index < -0.39 is 11.7 Å². The molecule has 0 amide bonds. The van der Waals surface area contributed by atoms with Gasteiger partial charge in [-0.2, -0.15) is 13.2 Å². The molecule has 1 heterocycles. The highest BCUT2D eigenvalue weighted by Gasteiger charge is 2.37. The summed E-state index contributed by atoms with van der Waals surface area (Å²) in [7, 11) is 0. The Hall–Kier alpha value is -2.10. The Labute approximate surface area is 114 Å². The van der Waals surface area contributed by atoms with Crippen molar-refractivity contribution >= 4 is 16.5 Å². The van der Waals surface area contributed by atoms with E-state index in [0.717, 1.165) is 16.5 Å². The molecule has 1 nitrogen and oxygen atoms in total. The molecule has 0 spiro atoms. The van der Waals surface area contributed by atoms with Gasteiger partial charge in [0.25, 0.3) is 0 Å². The molecule has 3 rings (SSSR count). The topological polar surface area (TPSA) is 12.9 Å². The Morgan fingerprint density at radius 3 is 2.55 bits per heavy atom. The average Bonchev–Trinajstić information content (AvgIpc) is 2.80. The van der Waals surface area contributed by atoms with Crippen molar-refractivity contribution in [2.75, 3.05) is 0 Å². The monoisotopic (exact) mass is 275 g/mol. The van der Waals surface area contributed by atoms with E-state index in [1.165, 1.54) is 13.0 Å². The van der Waals surface area contributed by atoms with Crippen LogP contribution >= 0.6 is 0 Å². The fourth-order valence-corrected chi connectivity index (χ4v) is 2.66. The summed E-state index contributed by atoms with van der Waals surface area (Å²) in [6.07, 6.45) is -1.07. The van der Waals surface area contributed by atoms with Crippen molar-refractivity contribution in [3.63, 3.8) is 0 Å². The first-order valence-corrected chi connectivity index (χ1v) is 6.30. The molecule has 2 aromatic rings. The van der Waals surface area contributed by atoms with Crippen LogP contribution in [-0.2, 0) is 0 Å². The van der Waals surface area contributed by atoms with Crippen LogP contribution in [-0.4, -0.2) is 11.2 Å². The predicted molar refractivity (Wildman–Crippen MR) is 73.1 cm³/mol. The average molecular weight is 275 g/mol. The van der Waals surface area contributed by atoms with Gasteiger partial charge in [0.05, 0.1) is 11.1 Å². The van der Waals surface area contributed by atoms with Crippen molar-refractivity contribution in [2.24, 2.45) is 0 Å². The summed E-state index contributed by atoms with van der Waals surface area (Å²) in [6.45, 7) is 1.53. The molecule has 0 N–H and O–H groups in total. The van der Waals surface area contributed by atoms with Gasteiger partial charge in [0.2, 0.25) is 0 Å². The minimum absolute atomic E-state index is 0.302. The summed E-state index contributed by atoms with van der Waals surface area (Å²) in [6, 6.07) is 9.33. The Kier molecular flexibility index (Phi) is 2.89. The molecule has 102 valence electrons. The van der Waals surface area contributed by atoms with Crippen molar-refractivity contribution in [3.05, 3.63) is 59.3 Å². The minimum atomic E-state index is -4.29. The lowest BCUT2D eigenvalue weighted by molar-refractivity contribution is -0.0891. The van der Waals surface area contributed by atoms with Crippen LogP contribution in [0.4, 0.5) is 13.2 Å². The zero-order valence-electron chi connectivity index (χ0n) is 10.8. The molecule has 1 aliphatic carbocycles. The molecule has 0 saturated carbocycles. The minimum Gasteiger partial charge on any atom is -0.256 e. The van der Waals surface area contributed by atoms with Gasteiger partial charge in [-0.3, -0.25) is 4.98 Å². The van der Waals surface area contributed by atoms with Crippen LogP contribution in [0.3, 0.4) is 0 Å². The van der Waals surface area contributed by atoms with Gasteiger partial charge in [0.1, 0.15) is 0 Å². The van der Waals surface area contributed by atoms with Crippen molar-refractivity contribution in [2.45, 2.75) is 19.5 Å².